The smallest absolute Gasteiger partial charge is 0.364 e. The highest BCUT2D eigenvalue weighted by molar-refractivity contribution is 6.02. The third kappa shape index (κ3) is 3.75. The Hall–Kier alpha value is -4.24. The Kier molecular flexibility index (Phi) is 4.87. The minimum Gasteiger partial charge on any atom is -0.422 e. The maximum absolute atomic E-state index is 12.9. The van der Waals surface area contributed by atoms with E-state index in [0.717, 1.165) is 5.56 Å². The van der Waals surface area contributed by atoms with E-state index in [1.165, 1.54) is 4.68 Å². The van der Waals surface area contributed by atoms with Gasteiger partial charge in [0.05, 0.1) is 23.6 Å². The topological polar surface area (TPSA) is 85.0 Å². The van der Waals surface area contributed by atoms with Gasteiger partial charge in [-0.1, -0.05) is 48.5 Å². The van der Waals surface area contributed by atoms with E-state index in [1.807, 2.05) is 36.4 Å². The molecule has 0 aliphatic rings. The molecule has 0 saturated heterocycles. The predicted molar refractivity (Wildman–Crippen MR) is 108 cm³/mol. The molecule has 0 amide bonds. The van der Waals surface area contributed by atoms with Crippen molar-refractivity contribution in [1.29, 1.82) is 5.26 Å². The van der Waals surface area contributed by atoms with Gasteiger partial charge in [-0.25, -0.2) is 9.48 Å². The van der Waals surface area contributed by atoms with Crippen LogP contribution in [0, 0.1) is 11.3 Å². The van der Waals surface area contributed by atoms with Crippen molar-refractivity contribution in [1.82, 2.24) is 9.78 Å². The van der Waals surface area contributed by atoms with Gasteiger partial charge in [0.2, 0.25) is 0 Å². The number of nitrogens with zero attached hydrogens (tertiary/aromatic N) is 3. The highest BCUT2D eigenvalue weighted by atomic mass is 16.5. The zero-order valence-electron chi connectivity index (χ0n) is 15.3. The Balaban J connectivity index is 1.76. The van der Waals surface area contributed by atoms with Crippen molar-refractivity contribution in [3.63, 3.8) is 0 Å². The number of rotatable bonds is 4. The van der Waals surface area contributed by atoms with Crippen LogP contribution in [0.2, 0.25) is 0 Å². The largest absolute Gasteiger partial charge is 0.422 e. The van der Waals surface area contributed by atoms with Gasteiger partial charge in [-0.3, -0.25) is 4.79 Å². The van der Waals surface area contributed by atoms with E-state index in [9.17, 15) is 9.59 Å². The van der Waals surface area contributed by atoms with Crippen LogP contribution in [0.3, 0.4) is 0 Å². The molecular formula is C23H15N3O3. The zero-order valence-corrected chi connectivity index (χ0v) is 15.3. The highest BCUT2D eigenvalue weighted by Crippen LogP contribution is 2.18. The average Bonchev–Trinajstić information content (AvgIpc) is 2.77. The fraction of sp³-hybridized carbons (Fsp3) is 0.0435. The number of hydrogen-bond donors (Lipinski definition) is 0. The van der Waals surface area contributed by atoms with Gasteiger partial charge < -0.3 is 4.74 Å². The maximum atomic E-state index is 12.9. The lowest BCUT2D eigenvalue weighted by Gasteiger charge is -2.11. The molecule has 0 N–H and O–H groups in total. The molecule has 0 radical (unpaired) electrons. The number of benzene rings is 3. The molecule has 140 valence electrons. The number of carbonyl (C=O) groups is 1. The molecule has 0 unspecified atom stereocenters. The standard InChI is InChI=1S/C23H15N3O3/c24-14-16-10-12-18(13-11-16)29-23(28)21-19-8-4-5-9-20(19)22(27)26(25-21)15-17-6-2-1-3-7-17/h1-13H,15H2. The van der Waals surface area contributed by atoms with Crippen molar-refractivity contribution < 1.29 is 9.53 Å². The van der Waals surface area contributed by atoms with Crippen molar-refractivity contribution in [2.45, 2.75) is 6.54 Å². The van der Waals surface area contributed by atoms with Gasteiger partial charge in [-0.05, 0) is 35.9 Å². The van der Waals surface area contributed by atoms with E-state index in [-0.39, 0.29) is 17.8 Å². The summed E-state index contributed by atoms with van der Waals surface area (Å²) in [6, 6.07) is 24.4. The molecule has 29 heavy (non-hydrogen) atoms. The molecule has 4 aromatic rings. The quantitative estimate of drug-likeness (QED) is 0.399. The van der Waals surface area contributed by atoms with Crippen LogP contribution >= 0.6 is 0 Å². The summed E-state index contributed by atoms with van der Waals surface area (Å²) in [6.45, 7) is 0.238. The van der Waals surface area contributed by atoms with Crippen molar-refractivity contribution in [3.05, 3.63) is 106 Å². The summed E-state index contributed by atoms with van der Waals surface area (Å²) in [5, 5.41) is 14.0. The van der Waals surface area contributed by atoms with E-state index in [2.05, 4.69) is 5.10 Å². The number of carbonyl (C=O) groups excluding carboxylic acids is 1. The van der Waals surface area contributed by atoms with E-state index in [1.54, 1.807) is 48.5 Å². The summed E-state index contributed by atoms with van der Waals surface area (Å²) in [5.41, 5.74) is 1.13. The summed E-state index contributed by atoms with van der Waals surface area (Å²) in [5.74, 6) is -0.381. The van der Waals surface area contributed by atoms with Gasteiger partial charge in [0.1, 0.15) is 5.75 Å². The van der Waals surface area contributed by atoms with Crippen LogP contribution in [0.4, 0.5) is 0 Å². The second kappa shape index (κ2) is 7.79. The molecule has 6 nitrogen and oxygen atoms in total. The minimum absolute atomic E-state index is 0.0560. The summed E-state index contributed by atoms with van der Waals surface area (Å²) < 4.78 is 6.70. The van der Waals surface area contributed by atoms with Gasteiger partial charge in [0.25, 0.3) is 5.56 Å². The first-order valence-electron chi connectivity index (χ1n) is 8.92. The van der Waals surface area contributed by atoms with Crippen LogP contribution < -0.4 is 10.3 Å². The first-order valence-corrected chi connectivity index (χ1v) is 8.92. The normalized spacial score (nSPS) is 10.4. The predicted octanol–water partition coefficient (Wildman–Crippen LogP) is 3.54. The summed E-state index contributed by atoms with van der Waals surface area (Å²) >= 11 is 0. The van der Waals surface area contributed by atoms with E-state index in [0.29, 0.717) is 22.1 Å². The molecule has 0 saturated carbocycles. The molecule has 0 bridgehead atoms. The number of hydrogen-bond acceptors (Lipinski definition) is 5. The third-order valence-corrected chi connectivity index (χ3v) is 4.43. The zero-order chi connectivity index (χ0) is 20.2. The van der Waals surface area contributed by atoms with Crippen molar-refractivity contribution >= 4 is 16.7 Å². The average molecular weight is 381 g/mol. The lowest BCUT2D eigenvalue weighted by molar-refractivity contribution is 0.0728. The SMILES string of the molecule is N#Cc1ccc(OC(=O)c2nn(Cc3ccccc3)c(=O)c3ccccc23)cc1. The fourth-order valence-electron chi connectivity index (χ4n) is 3.00. The van der Waals surface area contributed by atoms with Crippen LogP contribution in [0.1, 0.15) is 21.6 Å². The number of esters is 1. The molecule has 0 aliphatic heterocycles. The number of nitriles is 1. The summed E-state index contributed by atoms with van der Waals surface area (Å²) in [7, 11) is 0. The Morgan fingerprint density at radius 2 is 1.59 bits per heavy atom. The number of aromatic nitrogens is 2. The van der Waals surface area contributed by atoms with Gasteiger partial charge >= 0.3 is 5.97 Å². The van der Waals surface area contributed by atoms with Crippen molar-refractivity contribution in [3.8, 4) is 11.8 Å². The van der Waals surface area contributed by atoms with Gasteiger partial charge in [0.15, 0.2) is 5.69 Å². The van der Waals surface area contributed by atoms with Crippen molar-refractivity contribution in [2.75, 3.05) is 0 Å². The van der Waals surface area contributed by atoms with E-state index in [4.69, 9.17) is 10.00 Å². The second-order valence-corrected chi connectivity index (χ2v) is 6.37. The van der Waals surface area contributed by atoms with Crippen LogP contribution in [0.5, 0.6) is 5.75 Å². The van der Waals surface area contributed by atoms with Gasteiger partial charge in [-0.15, -0.1) is 0 Å². The van der Waals surface area contributed by atoms with Crippen LogP contribution in [-0.4, -0.2) is 15.7 Å². The first kappa shape index (κ1) is 18.1. The molecular weight excluding hydrogens is 366 g/mol. The van der Waals surface area contributed by atoms with E-state index >= 15 is 0 Å². The molecule has 1 heterocycles. The molecule has 4 rings (SSSR count). The highest BCUT2D eigenvalue weighted by Gasteiger charge is 2.19. The third-order valence-electron chi connectivity index (χ3n) is 4.43. The monoisotopic (exact) mass is 381 g/mol. The molecule has 0 spiro atoms. The number of ether oxygens (including phenoxy) is 1. The molecule has 0 fully saturated rings. The first-order chi connectivity index (χ1) is 14.2. The Morgan fingerprint density at radius 3 is 2.28 bits per heavy atom. The maximum Gasteiger partial charge on any atom is 0.364 e. The summed E-state index contributed by atoms with van der Waals surface area (Å²) in [4.78, 5) is 25.7. The second-order valence-electron chi connectivity index (χ2n) is 6.37. The molecule has 0 atom stereocenters. The summed E-state index contributed by atoms with van der Waals surface area (Å²) in [6.07, 6.45) is 0. The molecule has 6 heteroatoms. The number of fused-ring (bicyclic) bond motifs is 1. The lowest BCUT2D eigenvalue weighted by atomic mass is 10.1. The Morgan fingerprint density at radius 1 is 0.931 bits per heavy atom. The van der Waals surface area contributed by atoms with Crippen LogP contribution in [0.15, 0.2) is 83.7 Å². The fourth-order valence-corrected chi connectivity index (χ4v) is 3.00. The lowest BCUT2D eigenvalue weighted by Crippen LogP contribution is -2.27. The molecule has 1 aromatic heterocycles. The molecule has 3 aromatic carbocycles. The van der Waals surface area contributed by atoms with Gasteiger partial charge in [-0.2, -0.15) is 10.4 Å². The van der Waals surface area contributed by atoms with Gasteiger partial charge in [0, 0.05) is 5.39 Å². The van der Waals surface area contributed by atoms with Crippen LogP contribution in [0.25, 0.3) is 10.8 Å². The van der Waals surface area contributed by atoms with E-state index < -0.39 is 5.97 Å². The molecule has 0 aliphatic carbocycles. The Labute approximate surface area is 166 Å². The Bertz CT molecular complexity index is 1290. The minimum atomic E-state index is -0.673. The van der Waals surface area contributed by atoms with Crippen LogP contribution in [-0.2, 0) is 6.54 Å². The van der Waals surface area contributed by atoms with Crippen molar-refractivity contribution in [2.24, 2.45) is 0 Å².